The lowest BCUT2D eigenvalue weighted by Crippen LogP contribution is -2.14. The first-order chi connectivity index (χ1) is 15.4. The van der Waals surface area contributed by atoms with Crippen LogP contribution < -0.4 is 14.8 Å². The molecule has 7 nitrogen and oxygen atoms in total. The highest BCUT2D eigenvalue weighted by Crippen LogP contribution is 2.33. The minimum Gasteiger partial charge on any atom is -0.493 e. The van der Waals surface area contributed by atoms with Gasteiger partial charge in [0.05, 0.1) is 34.8 Å². The van der Waals surface area contributed by atoms with Crippen molar-refractivity contribution in [2.24, 2.45) is 0 Å². The average molecular weight is 458 g/mol. The van der Waals surface area contributed by atoms with Gasteiger partial charge in [0.2, 0.25) is 0 Å². The molecule has 1 N–H and O–H groups in total. The first-order valence-corrected chi connectivity index (χ1v) is 10.6. The monoisotopic (exact) mass is 458 g/mol. The van der Waals surface area contributed by atoms with Gasteiger partial charge in [-0.05, 0) is 43.5 Å². The summed E-state index contributed by atoms with van der Waals surface area (Å²) in [6.45, 7) is 0.936. The standard InChI is InChI=1S/C22H20F2N4O3S/c1-12(2)28-20-15(11-25-28)14(10-16(27-20)19-5-4-8-32-19)21(29)26-13-6-7-17(30-3)18(9-13)31-22(23)24/h4-12,22H,1-3H3,(H,26,29). The molecule has 0 aliphatic heterocycles. The SMILES string of the molecule is COc1ccc(NC(=O)c2cc(-c3cccs3)nc3c2cnn3C(C)C)cc1OC(F)F. The Kier molecular flexibility index (Phi) is 6.04. The zero-order chi connectivity index (χ0) is 22.8. The molecule has 0 unspecified atom stereocenters. The van der Waals surface area contributed by atoms with Crippen LogP contribution in [-0.2, 0) is 0 Å². The number of rotatable bonds is 7. The van der Waals surface area contributed by atoms with E-state index in [4.69, 9.17) is 9.72 Å². The van der Waals surface area contributed by atoms with E-state index in [1.807, 2.05) is 31.4 Å². The second-order valence-electron chi connectivity index (χ2n) is 7.15. The predicted molar refractivity (Wildman–Crippen MR) is 119 cm³/mol. The molecule has 0 atom stereocenters. The minimum absolute atomic E-state index is 0.0464. The van der Waals surface area contributed by atoms with Gasteiger partial charge < -0.3 is 14.8 Å². The van der Waals surface area contributed by atoms with E-state index in [2.05, 4.69) is 15.2 Å². The number of nitrogens with one attached hydrogen (secondary N) is 1. The number of carbonyl (C=O) groups excluding carboxylic acids is 1. The van der Waals surface area contributed by atoms with Crippen molar-refractivity contribution >= 4 is 34.0 Å². The summed E-state index contributed by atoms with van der Waals surface area (Å²) < 4.78 is 36.8. The number of thiophene rings is 1. The van der Waals surface area contributed by atoms with E-state index in [0.717, 1.165) is 4.88 Å². The molecule has 3 heterocycles. The van der Waals surface area contributed by atoms with Crippen molar-refractivity contribution in [1.82, 2.24) is 14.8 Å². The molecular formula is C22H20F2N4O3S. The number of methoxy groups -OCH3 is 1. The summed E-state index contributed by atoms with van der Waals surface area (Å²) in [5.74, 6) is -0.466. The number of pyridine rings is 1. The molecule has 1 amide bonds. The zero-order valence-corrected chi connectivity index (χ0v) is 18.3. The Hall–Kier alpha value is -3.53. The lowest BCUT2D eigenvalue weighted by molar-refractivity contribution is -0.0511. The lowest BCUT2D eigenvalue weighted by atomic mass is 10.1. The fourth-order valence-electron chi connectivity index (χ4n) is 3.28. The number of carbonyl (C=O) groups is 1. The molecule has 4 aromatic rings. The molecule has 0 aliphatic carbocycles. The molecule has 166 valence electrons. The van der Waals surface area contributed by atoms with E-state index in [1.165, 1.54) is 30.6 Å². The van der Waals surface area contributed by atoms with Crippen LogP contribution in [0.1, 0.15) is 30.2 Å². The second-order valence-corrected chi connectivity index (χ2v) is 8.10. The van der Waals surface area contributed by atoms with Crippen LogP contribution in [0.5, 0.6) is 11.5 Å². The molecule has 10 heteroatoms. The van der Waals surface area contributed by atoms with Gasteiger partial charge in [-0.25, -0.2) is 9.67 Å². The maximum atomic E-state index is 13.2. The minimum atomic E-state index is -3.02. The van der Waals surface area contributed by atoms with E-state index >= 15 is 0 Å². The van der Waals surface area contributed by atoms with Gasteiger partial charge in [-0.1, -0.05) is 6.07 Å². The smallest absolute Gasteiger partial charge is 0.387 e. The van der Waals surface area contributed by atoms with Crippen molar-refractivity contribution in [2.45, 2.75) is 26.5 Å². The highest BCUT2D eigenvalue weighted by Gasteiger charge is 2.20. The normalized spacial score (nSPS) is 11.3. The van der Waals surface area contributed by atoms with E-state index in [-0.39, 0.29) is 23.2 Å². The van der Waals surface area contributed by atoms with Crippen molar-refractivity contribution in [2.75, 3.05) is 12.4 Å². The first kappa shape index (κ1) is 21.7. The van der Waals surface area contributed by atoms with E-state index in [0.29, 0.717) is 22.3 Å². The second kappa shape index (κ2) is 8.91. The fraction of sp³-hybridized carbons (Fsp3) is 0.227. The fourth-order valence-corrected chi connectivity index (χ4v) is 3.96. The number of aromatic nitrogens is 3. The summed E-state index contributed by atoms with van der Waals surface area (Å²) in [5.41, 5.74) is 1.90. The van der Waals surface area contributed by atoms with Gasteiger partial charge in [-0.15, -0.1) is 11.3 Å². The van der Waals surface area contributed by atoms with Crippen molar-refractivity contribution < 1.29 is 23.0 Å². The molecule has 4 rings (SSSR count). The van der Waals surface area contributed by atoms with Crippen LogP contribution >= 0.6 is 11.3 Å². The summed E-state index contributed by atoms with van der Waals surface area (Å²) in [4.78, 5) is 18.9. The van der Waals surface area contributed by atoms with Crippen molar-refractivity contribution in [3.63, 3.8) is 0 Å². The summed E-state index contributed by atoms with van der Waals surface area (Å²) >= 11 is 1.51. The third-order valence-corrected chi connectivity index (χ3v) is 5.60. The van der Waals surface area contributed by atoms with Crippen LogP contribution in [-0.4, -0.2) is 34.4 Å². The number of hydrogen-bond acceptors (Lipinski definition) is 6. The average Bonchev–Trinajstić information content (AvgIpc) is 3.42. The Labute approximate surface area is 186 Å². The van der Waals surface area contributed by atoms with E-state index in [1.54, 1.807) is 23.0 Å². The van der Waals surface area contributed by atoms with Crippen molar-refractivity contribution in [3.05, 3.63) is 53.5 Å². The topological polar surface area (TPSA) is 78.3 Å². The first-order valence-electron chi connectivity index (χ1n) is 9.73. The predicted octanol–water partition coefficient (Wildman–Crippen LogP) is 5.60. The molecule has 0 radical (unpaired) electrons. The van der Waals surface area contributed by atoms with Gasteiger partial charge in [-0.3, -0.25) is 4.79 Å². The van der Waals surface area contributed by atoms with Crippen LogP contribution in [0.15, 0.2) is 48.0 Å². The Balaban J connectivity index is 1.75. The largest absolute Gasteiger partial charge is 0.493 e. The van der Waals surface area contributed by atoms with Gasteiger partial charge in [-0.2, -0.15) is 13.9 Å². The summed E-state index contributed by atoms with van der Waals surface area (Å²) in [6.07, 6.45) is 1.61. The van der Waals surface area contributed by atoms with Crippen LogP contribution in [0.4, 0.5) is 14.5 Å². The number of anilines is 1. The van der Waals surface area contributed by atoms with Crippen LogP contribution in [0, 0.1) is 0 Å². The zero-order valence-electron chi connectivity index (χ0n) is 17.5. The Morgan fingerprint density at radius 3 is 2.66 bits per heavy atom. The molecule has 0 fully saturated rings. The number of benzene rings is 1. The van der Waals surface area contributed by atoms with Gasteiger partial charge in [0.1, 0.15) is 0 Å². The molecule has 1 aromatic carbocycles. The summed E-state index contributed by atoms with van der Waals surface area (Å²) in [6, 6.07) is 9.87. The van der Waals surface area contributed by atoms with Gasteiger partial charge in [0, 0.05) is 17.8 Å². The number of ether oxygens (including phenoxy) is 2. The number of hydrogen-bond donors (Lipinski definition) is 1. The third kappa shape index (κ3) is 4.26. The van der Waals surface area contributed by atoms with Gasteiger partial charge in [0.25, 0.3) is 5.91 Å². The molecular weight excluding hydrogens is 438 g/mol. The van der Waals surface area contributed by atoms with Crippen LogP contribution in [0.25, 0.3) is 21.6 Å². The van der Waals surface area contributed by atoms with Crippen molar-refractivity contribution in [1.29, 1.82) is 0 Å². The summed E-state index contributed by atoms with van der Waals surface area (Å²) in [5, 5.41) is 9.66. The third-order valence-electron chi connectivity index (χ3n) is 4.71. The van der Waals surface area contributed by atoms with Crippen LogP contribution in [0.2, 0.25) is 0 Å². The molecule has 0 aliphatic rings. The number of fused-ring (bicyclic) bond motifs is 1. The molecule has 32 heavy (non-hydrogen) atoms. The molecule has 0 saturated carbocycles. The van der Waals surface area contributed by atoms with E-state index < -0.39 is 12.5 Å². The molecule has 0 bridgehead atoms. The highest BCUT2D eigenvalue weighted by atomic mass is 32.1. The maximum absolute atomic E-state index is 13.2. The number of alkyl halides is 2. The van der Waals surface area contributed by atoms with Crippen molar-refractivity contribution in [3.8, 4) is 22.1 Å². The summed E-state index contributed by atoms with van der Waals surface area (Å²) in [7, 11) is 1.35. The van der Waals surface area contributed by atoms with Crippen LogP contribution in [0.3, 0.4) is 0 Å². The van der Waals surface area contributed by atoms with E-state index in [9.17, 15) is 13.6 Å². The molecule has 3 aromatic heterocycles. The molecule has 0 saturated heterocycles. The number of amides is 1. The number of nitrogens with zero attached hydrogens (tertiary/aromatic N) is 3. The van der Waals surface area contributed by atoms with Gasteiger partial charge >= 0.3 is 6.61 Å². The lowest BCUT2D eigenvalue weighted by Gasteiger charge is -2.13. The number of halogens is 2. The Morgan fingerprint density at radius 1 is 1.19 bits per heavy atom. The molecule has 0 spiro atoms. The maximum Gasteiger partial charge on any atom is 0.387 e. The quantitative estimate of drug-likeness (QED) is 0.390. The van der Waals surface area contributed by atoms with Gasteiger partial charge in [0.15, 0.2) is 17.1 Å². The highest BCUT2D eigenvalue weighted by molar-refractivity contribution is 7.13. The Morgan fingerprint density at radius 2 is 2.00 bits per heavy atom. The Bertz CT molecular complexity index is 1260.